The van der Waals surface area contributed by atoms with Gasteiger partial charge < -0.3 is 9.47 Å². The number of ether oxygens (including phenoxy) is 2. The van der Waals surface area contributed by atoms with Crippen molar-refractivity contribution >= 4 is 0 Å². The molecular formula is C18H36O2. The fourth-order valence-corrected chi connectivity index (χ4v) is 2.82. The first-order chi connectivity index (χ1) is 9.54. The Labute approximate surface area is 126 Å². The third-order valence-corrected chi connectivity index (χ3v) is 4.43. The van der Waals surface area contributed by atoms with Crippen LogP contribution in [0, 0.1) is 11.3 Å². The van der Waals surface area contributed by atoms with Gasteiger partial charge in [0.25, 0.3) is 0 Å². The van der Waals surface area contributed by atoms with Gasteiger partial charge in [0.2, 0.25) is 0 Å². The number of hydrogen-bond acceptors (Lipinski definition) is 2. The zero-order valence-corrected chi connectivity index (χ0v) is 14.2. The molecule has 0 saturated carbocycles. The van der Waals surface area contributed by atoms with Gasteiger partial charge in [-0.25, -0.2) is 0 Å². The normalized spacial score (nSPS) is 20.1. The smallest absolute Gasteiger partial charge is 0.104 e. The van der Waals surface area contributed by atoms with Gasteiger partial charge in [-0.1, -0.05) is 59.8 Å². The summed E-state index contributed by atoms with van der Waals surface area (Å²) in [6, 6.07) is 0. The second-order valence-electron chi connectivity index (χ2n) is 7.44. The Bertz CT molecular complexity index is 228. The third-order valence-electron chi connectivity index (χ3n) is 4.43. The fourth-order valence-electron chi connectivity index (χ4n) is 2.82. The first-order valence-corrected chi connectivity index (χ1v) is 8.73. The standard InChI is InChI=1S/C18H36O2/c1-5-6-7-8-9-11-16(18(2,3)4)12-10-13-19-14-17-15-20-17/h16-17H,5-15H2,1-4H3. The molecule has 1 aliphatic rings. The van der Waals surface area contributed by atoms with Crippen molar-refractivity contribution in [2.45, 2.75) is 85.2 Å². The van der Waals surface area contributed by atoms with E-state index in [9.17, 15) is 0 Å². The van der Waals surface area contributed by atoms with Crippen molar-refractivity contribution in [2.75, 3.05) is 19.8 Å². The van der Waals surface area contributed by atoms with E-state index in [1.165, 1.54) is 51.4 Å². The van der Waals surface area contributed by atoms with Crippen LogP contribution in [0.4, 0.5) is 0 Å². The van der Waals surface area contributed by atoms with Gasteiger partial charge >= 0.3 is 0 Å². The Hall–Kier alpha value is -0.0800. The molecule has 0 aromatic heterocycles. The first-order valence-electron chi connectivity index (χ1n) is 8.73. The van der Waals surface area contributed by atoms with Crippen molar-refractivity contribution in [2.24, 2.45) is 11.3 Å². The largest absolute Gasteiger partial charge is 0.379 e. The predicted octanol–water partition coefficient (Wildman–Crippen LogP) is 5.20. The van der Waals surface area contributed by atoms with Crippen LogP contribution >= 0.6 is 0 Å². The Morgan fingerprint density at radius 2 is 1.70 bits per heavy atom. The molecule has 20 heavy (non-hydrogen) atoms. The van der Waals surface area contributed by atoms with Crippen LogP contribution in [0.2, 0.25) is 0 Å². The van der Waals surface area contributed by atoms with Crippen LogP contribution in [-0.2, 0) is 9.47 Å². The van der Waals surface area contributed by atoms with Crippen molar-refractivity contribution in [3.05, 3.63) is 0 Å². The fraction of sp³-hybridized carbons (Fsp3) is 1.00. The van der Waals surface area contributed by atoms with Gasteiger partial charge in [0.1, 0.15) is 6.10 Å². The topological polar surface area (TPSA) is 21.8 Å². The van der Waals surface area contributed by atoms with Crippen LogP contribution in [0.3, 0.4) is 0 Å². The van der Waals surface area contributed by atoms with E-state index >= 15 is 0 Å². The van der Waals surface area contributed by atoms with Crippen LogP contribution in [0.15, 0.2) is 0 Å². The summed E-state index contributed by atoms with van der Waals surface area (Å²) in [4.78, 5) is 0. The van der Waals surface area contributed by atoms with Gasteiger partial charge in [0, 0.05) is 6.61 Å². The first kappa shape index (κ1) is 18.0. The zero-order chi connectivity index (χ0) is 14.8. The molecule has 2 unspecified atom stereocenters. The summed E-state index contributed by atoms with van der Waals surface area (Å²) >= 11 is 0. The maximum atomic E-state index is 5.65. The Morgan fingerprint density at radius 3 is 2.30 bits per heavy atom. The molecule has 0 aromatic rings. The number of hydrogen-bond donors (Lipinski definition) is 0. The summed E-state index contributed by atoms with van der Waals surface area (Å²) in [6.45, 7) is 12.1. The van der Waals surface area contributed by atoms with E-state index in [0.717, 1.165) is 25.7 Å². The molecule has 0 amide bonds. The minimum absolute atomic E-state index is 0.409. The van der Waals surface area contributed by atoms with Crippen molar-refractivity contribution in [1.82, 2.24) is 0 Å². The highest BCUT2D eigenvalue weighted by Crippen LogP contribution is 2.34. The van der Waals surface area contributed by atoms with Gasteiger partial charge in [0.05, 0.1) is 13.2 Å². The van der Waals surface area contributed by atoms with E-state index < -0.39 is 0 Å². The van der Waals surface area contributed by atoms with Gasteiger partial charge in [-0.15, -0.1) is 0 Å². The lowest BCUT2D eigenvalue weighted by Gasteiger charge is -2.31. The van der Waals surface area contributed by atoms with E-state index in [0.29, 0.717) is 11.5 Å². The summed E-state index contributed by atoms with van der Waals surface area (Å²) in [5, 5.41) is 0. The summed E-state index contributed by atoms with van der Waals surface area (Å²) in [5.74, 6) is 0.838. The average molecular weight is 284 g/mol. The lowest BCUT2D eigenvalue weighted by atomic mass is 9.75. The maximum absolute atomic E-state index is 5.65. The van der Waals surface area contributed by atoms with E-state index in [1.54, 1.807) is 0 Å². The van der Waals surface area contributed by atoms with Crippen LogP contribution in [0.5, 0.6) is 0 Å². The molecule has 0 aromatic carbocycles. The van der Waals surface area contributed by atoms with Gasteiger partial charge in [-0.3, -0.25) is 0 Å². The van der Waals surface area contributed by atoms with Crippen LogP contribution in [0.25, 0.3) is 0 Å². The highest BCUT2D eigenvalue weighted by atomic mass is 16.6. The van der Waals surface area contributed by atoms with Gasteiger partial charge in [-0.2, -0.15) is 0 Å². The number of unbranched alkanes of at least 4 members (excludes halogenated alkanes) is 4. The molecule has 0 bridgehead atoms. The molecule has 1 heterocycles. The summed E-state index contributed by atoms with van der Waals surface area (Å²) in [6.07, 6.45) is 11.3. The highest BCUT2D eigenvalue weighted by Gasteiger charge is 2.24. The lowest BCUT2D eigenvalue weighted by molar-refractivity contribution is 0.101. The Morgan fingerprint density at radius 1 is 1.05 bits per heavy atom. The average Bonchev–Trinajstić information content (AvgIpc) is 3.18. The van der Waals surface area contributed by atoms with Gasteiger partial charge in [0.15, 0.2) is 0 Å². The summed E-state index contributed by atoms with van der Waals surface area (Å²) in [7, 11) is 0. The molecule has 120 valence electrons. The molecule has 0 N–H and O–H groups in total. The van der Waals surface area contributed by atoms with Crippen LogP contribution in [-0.4, -0.2) is 25.9 Å². The van der Waals surface area contributed by atoms with E-state index in [4.69, 9.17) is 9.47 Å². The molecule has 2 nitrogen and oxygen atoms in total. The summed E-state index contributed by atoms with van der Waals surface area (Å²) in [5.41, 5.74) is 0.435. The second-order valence-corrected chi connectivity index (χ2v) is 7.44. The lowest BCUT2D eigenvalue weighted by Crippen LogP contribution is -2.21. The van der Waals surface area contributed by atoms with E-state index in [1.807, 2.05) is 0 Å². The number of rotatable bonds is 12. The minimum Gasteiger partial charge on any atom is -0.379 e. The van der Waals surface area contributed by atoms with Crippen molar-refractivity contribution in [3.63, 3.8) is 0 Å². The molecule has 2 atom stereocenters. The van der Waals surface area contributed by atoms with E-state index in [2.05, 4.69) is 27.7 Å². The van der Waals surface area contributed by atoms with E-state index in [-0.39, 0.29) is 0 Å². The van der Waals surface area contributed by atoms with Crippen molar-refractivity contribution in [1.29, 1.82) is 0 Å². The molecule has 0 spiro atoms. The third kappa shape index (κ3) is 8.97. The molecule has 1 saturated heterocycles. The highest BCUT2D eigenvalue weighted by molar-refractivity contribution is 4.74. The van der Waals surface area contributed by atoms with Crippen LogP contribution < -0.4 is 0 Å². The predicted molar refractivity (Wildman–Crippen MR) is 86.1 cm³/mol. The molecule has 1 rings (SSSR count). The molecular weight excluding hydrogens is 248 g/mol. The molecule has 1 fully saturated rings. The minimum atomic E-state index is 0.409. The zero-order valence-electron chi connectivity index (χ0n) is 14.2. The molecule has 2 heteroatoms. The molecule has 1 aliphatic heterocycles. The number of epoxide rings is 1. The Kier molecular flexibility index (Phi) is 8.79. The van der Waals surface area contributed by atoms with Crippen molar-refractivity contribution in [3.8, 4) is 0 Å². The van der Waals surface area contributed by atoms with Crippen LogP contribution in [0.1, 0.15) is 79.1 Å². The Balaban J connectivity index is 2.07. The summed E-state index contributed by atoms with van der Waals surface area (Å²) < 4.78 is 10.8. The molecule has 0 radical (unpaired) electrons. The SMILES string of the molecule is CCCCCCCC(CCCOCC1CO1)C(C)(C)C. The monoisotopic (exact) mass is 284 g/mol. The molecule has 0 aliphatic carbocycles. The second kappa shape index (κ2) is 9.78. The maximum Gasteiger partial charge on any atom is 0.104 e. The van der Waals surface area contributed by atoms with Gasteiger partial charge in [-0.05, 0) is 30.6 Å². The quantitative estimate of drug-likeness (QED) is 0.363. The van der Waals surface area contributed by atoms with Crippen molar-refractivity contribution < 1.29 is 9.47 Å².